The minimum atomic E-state index is -0.158. The van der Waals surface area contributed by atoms with Gasteiger partial charge in [0.15, 0.2) is 0 Å². The van der Waals surface area contributed by atoms with Gasteiger partial charge in [0.2, 0.25) is 5.91 Å². The lowest BCUT2D eigenvalue weighted by molar-refractivity contribution is -0.140. The van der Waals surface area contributed by atoms with E-state index in [1.807, 2.05) is 30.3 Å². The Hall–Kier alpha value is -2.20. The molecule has 3 aliphatic rings. The molecule has 4 heteroatoms. The monoisotopic (exact) mass is 352 g/mol. The van der Waals surface area contributed by atoms with Gasteiger partial charge < -0.3 is 4.90 Å². The average molecular weight is 352 g/mol. The van der Waals surface area contributed by atoms with Crippen LogP contribution in [0.2, 0.25) is 0 Å². The molecule has 5 rings (SSSR count). The summed E-state index contributed by atoms with van der Waals surface area (Å²) in [6, 6.07) is 15.8. The van der Waals surface area contributed by atoms with E-state index in [-0.39, 0.29) is 17.8 Å². The Labute approximate surface area is 154 Å². The summed E-state index contributed by atoms with van der Waals surface area (Å²) < 4.78 is 13.5. The van der Waals surface area contributed by atoms with Gasteiger partial charge in [0, 0.05) is 32.2 Å². The van der Waals surface area contributed by atoms with Crippen molar-refractivity contribution < 1.29 is 9.18 Å². The number of benzene rings is 2. The van der Waals surface area contributed by atoms with E-state index < -0.39 is 0 Å². The molecule has 0 unspecified atom stereocenters. The standard InChI is InChI=1S/C22H25FN2O/c1-16-11-18(7-10-21(16)23)12-24-14-19-8-9-20(15-24)25(22(19)26)13-17-5-3-2-4-6-17/h2-7,10-11,19-20H,8-9,12-15H2,1H3/t19-,20+/m0/s1. The molecular weight excluding hydrogens is 327 g/mol. The molecule has 2 aromatic carbocycles. The molecule has 2 atom stereocenters. The number of fused-ring (bicyclic) bond motifs is 4. The first-order valence-electron chi connectivity index (χ1n) is 9.42. The molecule has 3 heterocycles. The third-order valence-electron chi connectivity index (χ3n) is 5.69. The highest BCUT2D eigenvalue weighted by Crippen LogP contribution is 2.31. The van der Waals surface area contributed by atoms with Gasteiger partial charge in [-0.15, -0.1) is 0 Å². The molecule has 26 heavy (non-hydrogen) atoms. The number of piperidine rings is 1. The average Bonchev–Trinajstić information content (AvgIpc) is 2.91. The van der Waals surface area contributed by atoms with Crippen LogP contribution in [0.15, 0.2) is 48.5 Å². The number of amides is 1. The van der Waals surface area contributed by atoms with Crippen LogP contribution in [0.5, 0.6) is 0 Å². The van der Waals surface area contributed by atoms with Crippen molar-refractivity contribution in [3.8, 4) is 0 Å². The highest BCUT2D eigenvalue weighted by Gasteiger charge is 2.40. The first-order valence-corrected chi connectivity index (χ1v) is 9.42. The van der Waals surface area contributed by atoms with Crippen LogP contribution in [0.4, 0.5) is 4.39 Å². The summed E-state index contributed by atoms with van der Waals surface area (Å²) in [5.41, 5.74) is 2.99. The zero-order valence-corrected chi connectivity index (χ0v) is 15.2. The Kier molecular flexibility index (Phi) is 4.77. The molecule has 0 N–H and O–H groups in total. The Morgan fingerprint density at radius 3 is 2.58 bits per heavy atom. The first kappa shape index (κ1) is 17.2. The van der Waals surface area contributed by atoms with Gasteiger partial charge in [-0.25, -0.2) is 4.39 Å². The Morgan fingerprint density at radius 2 is 1.81 bits per heavy atom. The predicted molar refractivity (Wildman–Crippen MR) is 99.9 cm³/mol. The van der Waals surface area contributed by atoms with E-state index in [9.17, 15) is 9.18 Å². The van der Waals surface area contributed by atoms with Crippen molar-refractivity contribution >= 4 is 5.91 Å². The summed E-state index contributed by atoms with van der Waals surface area (Å²) in [6.45, 7) is 4.98. The summed E-state index contributed by atoms with van der Waals surface area (Å²) >= 11 is 0. The lowest BCUT2D eigenvalue weighted by Crippen LogP contribution is -2.47. The number of nitrogens with zero attached hydrogens (tertiary/aromatic N) is 2. The molecule has 0 saturated carbocycles. The number of hydrogen-bond donors (Lipinski definition) is 0. The topological polar surface area (TPSA) is 23.6 Å². The molecule has 3 nitrogen and oxygen atoms in total. The van der Waals surface area contributed by atoms with Gasteiger partial charge in [0.25, 0.3) is 0 Å². The van der Waals surface area contributed by atoms with Crippen LogP contribution in [0, 0.1) is 18.7 Å². The quantitative estimate of drug-likeness (QED) is 0.836. The molecule has 3 aliphatic heterocycles. The van der Waals surface area contributed by atoms with Gasteiger partial charge in [0.05, 0.1) is 5.92 Å². The first-order chi connectivity index (χ1) is 12.6. The molecular formula is C22H25FN2O. The fourth-order valence-electron chi connectivity index (χ4n) is 4.31. The maximum atomic E-state index is 13.5. The zero-order valence-electron chi connectivity index (χ0n) is 15.2. The second-order valence-electron chi connectivity index (χ2n) is 7.66. The Balaban J connectivity index is 1.50. The molecule has 3 fully saturated rings. The van der Waals surface area contributed by atoms with E-state index in [0.29, 0.717) is 18.0 Å². The van der Waals surface area contributed by atoms with E-state index in [2.05, 4.69) is 21.9 Å². The van der Waals surface area contributed by atoms with E-state index in [1.165, 1.54) is 5.56 Å². The molecule has 136 valence electrons. The van der Waals surface area contributed by atoms with Crippen molar-refractivity contribution in [2.75, 3.05) is 13.1 Å². The van der Waals surface area contributed by atoms with Gasteiger partial charge in [-0.05, 0) is 42.5 Å². The lowest BCUT2D eigenvalue weighted by Gasteiger charge is -2.36. The van der Waals surface area contributed by atoms with Gasteiger partial charge in [-0.3, -0.25) is 9.69 Å². The lowest BCUT2D eigenvalue weighted by atomic mass is 9.93. The van der Waals surface area contributed by atoms with Crippen molar-refractivity contribution in [1.29, 1.82) is 0 Å². The van der Waals surface area contributed by atoms with Crippen molar-refractivity contribution in [3.05, 3.63) is 71.0 Å². The van der Waals surface area contributed by atoms with Crippen LogP contribution in [-0.2, 0) is 17.9 Å². The second kappa shape index (κ2) is 7.20. The molecule has 1 amide bonds. The molecule has 3 saturated heterocycles. The molecule has 0 radical (unpaired) electrons. The van der Waals surface area contributed by atoms with Crippen LogP contribution in [0.1, 0.15) is 29.5 Å². The summed E-state index contributed by atoms with van der Waals surface area (Å²) in [7, 11) is 0. The van der Waals surface area contributed by atoms with E-state index in [1.54, 1.807) is 13.0 Å². The minimum absolute atomic E-state index is 0.0824. The van der Waals surface area contributed by atoms with Crippen LogP contribution in [0.25, 0.3) is 0 Å². The third-order valence-corrected chi connectivity index (χ3v) is 5.69. The van der Waals surface area contributed by atoms with Crippen molar-refractivity contribution in [1.82, 2.24) is 9.80 Å². The minimum Gasteiger partial charge on any atom is -0.334 e. The van der Waals surface area contributed by atoms with Gasteiger partial charge >= 0.3 is 0 Å². The number of carbonyl (C=O) groups is 1. The molecule has 2 aromatic rings. The smallest absolute Gasteiger partial charge is 0.227 e. The van der Waals surface area contributed by atoms with E-state index >= 15 is 0 Å². The van der Waals surface area contributed by atoms with Crippen LogP contribution >= 0.6 is 0 Å². The number of hydrogen-bond acceptors (Lipinski definition) is 2. The van der Waals surface area contributed by atoms with Crippen molar-refractivity contribution in [2.45, 2.75) is 38.9 Å². The number of rotatable bonds is 4. The highest BCUT2D eigenvalue weighted by molar-refractivity contribution is 5.80. The Bertz CT molecular complexity index is 792. The summed E-state index contributed by atoms with van der Waals surface area (Å²) in [5, 5.41) is 0. The number of aryl methyl sites for hydroxylation is 1. The maximum absolute atomic E-state index is 13.5. The SMILES string of the molecule is Cc1cc(CN2C[C@@H]3CC[C@H](C2)N(Cc2ccccc2)C3=O)ccc1F. The van der Waals surface area contributed by atoms with Crippen molar-refractivity contribution in [2.24, 2.45) is 5.92 Å². The van der Waals surface area contributed by atoms with Gasteiger partial charge in [0.1, 0.15) is 5.82 Å². The summed E-state index contributed by atoms with van der Waals surface area (Å²) in [5.74, 6) is 0.218. The third kappa shape index (κ3) is 3.51. The highest BCUT2D eigenvalue weighted by atomic mass is 19.1. The fourth-order valence-corrected chi connectivity index (χ4v) is 4.31. The zero-order chi connectivity index (χ0) is 18.1. The second-order valence-corrected chi connectivity index (χ2v) is 7.66. The fraction of sp³-hybridized carbons (Fsp3) is 0.409. The van der Waals surface area contributed by atoms with Crippen LogP contribution in [0.3, 0.4) is 0 Å². The molecule has 0 aromatic heterocycles. The molecule has 0 aliphatic carbocycles. The molecule has 2 bridgehead atoms. The van der Waals surface area contributed by atoms with Crippen molar-refractivity contribution in [3.63, 3.8) is 0 Å². The summed E-state index contributed by atoms with van der Waals surface area (Å²) in [4.78, 5) is 17.4. The Morgan fingerprint density at radius 1 is 1.00 bits per heavy atom. The van der Waals surface area contributed by atoms with Gasteiger partial charge in [-0.2, -0.15) is 0 Å². The van der Waals surface area contributed by atoms with E-state index in [4.69, 9.17) is 0 Å². The normalized spacial score (nSPS) is 23.3. The molecule has 0 spiro atoms. The van der Waals surface area contributed by atoms with Crippen LogP contribution < -0.4 is 0 Å². The maximum Gasteiger partial charge on any atom is 0.227 e. The summed E-state index contributed by atoms with van der Waals surface area (Å²) in [6.07, 6.45) is 2.05. The van der Waals surface area contributed by atoms with Crippen LogP contribution in [-0.4, -0.2) is 34.8 Å². The largest absolute Gasteiger partial charge is 0.334 e. The van der Waals surface area contributed by atoms with E-state index in [0.717, 1.165) is 38.0 Å². The number of carbonyl (C=O) groups excluding carboxylic acids is 1. The van der Waals surface area contributed by atoms with Gasteiger partial charge in [-0.1, -0.05) is 42.5 Å². The predicted octanol–water partition coefficient (Wildman–Crippen LogP) is 3.76. The number of halogens is 1.